The van der Waals surface area contributed by atoms with Crippen LogP contribution in [0, 0.1) is 0 Å². The van der Waals surface area contributed by atoms with Gasteiger partial charge in [0.2, 0.25) is 5.91 Å². The molecule has 17 heavy (non-hydrogen) atoms. The summed E-state index contributed by atoms with van der Waals surface area (Å²) in [5, 5.41) is 15.2. The zero-order chi connectivity index (χ0) is 12.1. The highest BCUT2D eigenvalue weighted by Gasteiger charge is 2.13. The Labute approximate surface area is 100 Å². The summed E-state index contributed by atoms with van der Waals surface area (Å²) in [6.07, 6.45) is 0. The van der Waals surface area contributed by atoms with Gasteiger partial charge >= 0.3 is 0 Å². The number of hydrogen-bond acceptors (Lipinski definition) is 4. The maximum Gasteiger partial charge on any atom is 0.238 e. The van der Waals surface area contributed by atoms with Crippen LogP contribution < -0.4 is 10.6 Å². The van der Waals surface area contributed by atoms with Crippen LogP contribution in [0.25, 0.3) is 0 Å². The summed E-state index contributed by atoms with van der Waals surface area (Å²) in [6.45, 7) is 4.10. The lowest BCUT2D eigenvalue weighted by atomic mass is 10.3. The normalized spacial score (nSPS) is 16.7. The van der Waals surface area contributed by atoms with Crippen molar-refractivity contribution in [2.45, 2.75) is 0 Å². The van der Waals surface area contributed by atoms with E-state index in [1.54, 1.807) is 24.3 Å². The summed E-state index contributed by atoms with van der Waals surface area (Å²) in [6, 6.07) is 6.48. The molecule has 1 aliphatic rings. The van der Waals surface area contributed by atoms with Gasteiger partial charge in [0.1, 0.15) is 5.75 Å². The Morgan fingerprint density at radius 2 is 1.94 bits per heavy atom. The fraction of sp³-hybridized carbons (Fsp3) is 0.417. The van der Waals surface area contributed by atoms with Gasteiger partial charge in [-0.25, -0.2) is 0 Å². The highest BCUT2D eigenvalue weighted by molar-refractivity contribution is 5.92. The van der Waals surface area contributed by atoms with Gasteiger partial charge in [0.15, 0.2) is 0 Å². The number of phenolic OH excluding ortho intramolecular Hbond substituents is 1. The molecule has 0 bridgehead atoms. The first kappa shape index (κ1) is 11.9. The third kappa shape index (κ3) is 3.72. The summed E-state index contributed by atoms with van der Waals surface area (Å²) in [5.74, 6) is 0.183. The van der Waals surface area contributed by atoms with Crippen molar-refractivity contribution in [1.82, 2.24) is 10.2 Å². The largest absolute Gasteiger partial charge is 0.508 e. The van der Waals surface area contributed by atoms with Crippen LogP contribution in [0.1, 0.15) is 0 Å². The van der Waals surface area contributed by atoms with E-state index >= 15 is 0 Å². The van der Waals surface area contributed by atoms with Crippen LogP contribution in [0.2, 0.25) is 0 Å². The Bertz CT molecular complexity index is 372. The molecular weight excluding hydrogens is 218 g/mol. The monoisotopic (exact) mass is 235 g/mol. The predicted molar refractivity (Wildman–Crippen MR) is 66.0 cm³/mol. The summed E-state index contributed by atoms with van der Waals surface area (Å²) in [7, 11) is 0. The van der Waals surface area contributed by atoms with Gasteiger partial charge in [-0.2, -0.15) is 0 Å². The minimum Gasteiger partial charge on any atom is -0.508 e. The van der Waals surface area contributed by atoms with E-state index in [0.29, 0.717) is 12.2 Å². The van der Waals surface area contributed by atoms with E-state index in [1.165, 1.54) is 0 Å². The number of phenols is 1. The van der Waals surface area contributed by atoms with Crippen molar-refractivity contribution < 1.29 is 9.90 Å². The van der Waals surface area contributed by atoms with E-state index in [-0.39, 0.29) is 11.7 Å². The molecule has 5 nitrogen and oxygen atoms in total. The summed E-state index contributed by atoms with van der Waals surface area (Å²) in [5.41, 5.74) is 0.711. The zero-order valence-electron chi connectivity index (χ0n) is 9.65. The molecule has 0 aliphatic carbocycles. The van der Waals surface area contributed by atoms with E-state index in [4.69, 9.17) is 5.11 Å². The Hall–Kier alpha value is -1.59. The molecule has 0 radical (unpaired) electrons. The van der Waals surface area contributed by atoms with Crippen molar-refractivity contribution in [3.8, 4) is 5.75 Å². The minimum atomic E-state index is -0.0161. The molecular formula is C12H17N3O2. The standard InChI is InChI=1S/C12H17N3O2/c16-11-3-1-10(2-4-11)14-12(17)9-15-7-5-13-6-8-15/h1-4,13,16H,5-9H2,(H,14,17). The third-order valence-corrected chi connectivity index (χ3v) is 2.73. The smallest absolute Gasteiger partial charge is 0.238 e. The fourth-order valence-electron chi connectivity index (χ4n) is 1.82. The van der Waals surface area contributed by atoms with Crippen molar-refractivity contribution in [2.75, 3.05) is 38.0 Å². The molecule has 3 N–H and O–H groups in total. The molecule has 92 valence electrons. The maximum absolute atomic E-state index is 11.7. The Morgan fingerprint density at radius 1 is 1.29 bits per heavy atom. The van der Waals surface area contributed by atoms with Gasteiger partial charge in [0.05, 0.1) is 6.54 Å². The first-order valence-electron chi connectivity index (χ1n) is 5.76. The molecule has 1 aliphatic heterocycles. The SMILES string of the molecule is O=C(CN1CCNCC1)Nc1ccc(O)cc1. The van der Waals surface area contributed by atoms with Crippen LogP contribution in [0.15, 0.2) is 24.3 Å². The fourth-order valence-corrected chi connectivity index (χ4v) is 1.82. The van der Waals surface area contributed by atoms with Crippen LogP contribution >= 0.6 is 0 Å². The number of nitrogens with one attached hydrogen (secondary N) is 2. The van der Waals surface area contributed by atoms with E-state index in [9.17, 15) is 4.79 Å². The van der Waals surface area contributed by atoms with Gasteiger partial charge in [-0.3, -0.25) is 9.69 Å². The molecule has 5 heteroatoms. The lowest BCUT2D eigenvalue weighted by Gasteiger charge is -2.26. The molecule has 1 fully saturated rings. The first-order valence-corrected chi connectivity index (χ1v) is 5.76. The second kappa shape index (κ2) is 5.65. The van der Waals surface area contributed by atoms with Crippen LogP contribution in [-0.2, 0) is 4.79 Å². The summed E-state index contributed by atoms with van der Waals surface area (Å²) in [4.78, 5) is 13.8. The lowest BCUT2D eigenvalue weighted by Crippen LogP contribution is -2.46. The molecule has 0 aromatic heterocycles. The van der Waals surface area contributed by atoms with Crippen molar-refractivity contribution in [3.63, 3.8) is 0 Å². The minimum absolute atomic E-state index is 0.0161. The number of rotatable bonds is 3. The number of carbonyl (C=O) groups is 1. The van der Waals surface area contributed by atoms with Crippen molar-refractivity contribution in [3.05, 3.63) is 24.3 Å². The Balaban J connectivity index is 1.82. The quantitative estimate of drug-likeness (QED) is 0.656. The molecule has 0 atom stereocenters. The zero-order valence-corrected chi connectivity index (χ0v) is 9.65. The highest BCUT2D eigenvalue weighted by Crippen LogP contribution is 2.13. The van der Waals surface area contributed by atoms with E-state index in [1.807, 2.05) is 0 Å². The Morgan fingerprint density at radius 3 is 2.59 bits per heavy atom. The second-order valence-electron chi connectivity index (χ2n) is 4.12. The van der Waals surface area contributed by atoms with Gasteiger partial charge in [0, 0.05) is 31.9 Å². The van der Waals surface area contributed by atoms with Gasteiger partial charge < -0.3 is 15.7 Å². The average molecular weight is 235 g/mol. The number of nitrogens with zero attached hydrogens (tertiary/aromatic N) is 1. The van der Waals surface area contributed by atoms with Gasteiger partial charge in [-0.15, -0.1) is 0 Å². The molecule has 1 heterocycles. The maximum atomic E-state index is 11.7. The summed E-state index contributed by atoms with van der Waals surface area (Å²) >= 11 is 0. The average Bonchev–Trinajstić information content (AvgIpc) is 2.33. The van der Waals surface area contributed by atoms with Crippen molar-refractivity contribution >= 4 is 11.6 Å². The summed E-state index contributed by atoms with van der Waals surface area (Å²) < 4.78 is 0. The van der Waals surface area contributed by atoms with Crippen LogP contribution in [-0.4, -0.2) is 48.6 Å². The van der Waals surface area contributed by atoms with Gasteiger partial charge in [0.25, 0.3) is 0 Å². The molecule has 0 saturated carbocycles. The number of amides is 1. The van der Waals surface area contributed by atoms with E-state index in [2.05, 4.69) is 15.5 Å². The van der Waals surface area contributed by atoms with Crippen molar-refractivity contribution in [2.24, 2.45) is 0 Å². The molecule has 2 rings (SSSR count). The van der Waals surface area contributed by atoms with Crippen LogP contribution in [0.4, 0.5) is 5.69 Å². The van der Waals surface area contributed by atoms with Crippen molar-refractivity contribution in [1.29, 1.82) is 0 Å². The van der Waals surface area contributed by atoms with Gasteiger partial charge in [-0.05, 0) is 24.3 Å². The second-order valence-corrected chi connectivity index (χ2v) is 4.12. The predicted octanol–water partition coefficient (Wildman–Crippen LogP) is 0.236. The molecule has 1 saturated heterocycles. The number of anilines is 1. The number of piperazine rings is 1. The van der Waals surface area contributed by atoms with Crippen LogP contribution in [0.3, 0.4) is 0 Å². The lowest BCUT2D eigenvalue weighted by molar-refractivity contribution is -0.117. The third-order valence-electron chi connectivity index (χ3n) is 2.73. The number of aromatic hydroxyl groups is 1. The molecule has 0 unspecified atom stereocenters. The molecule has 1 aromatic carbocycles. The van der Waals surface area contributed by atoms with Crippen LogP contribution in [0.5, 0.6) is 5.75 Å². The van der Waals surface area contributed by atoms with Gasteiger partial charge in [-0.1, -0.05) is 0 Å². The molecule has 1 aromatic rings. The topological polar surface area (TPSA) is 64.6 Å². The van der Waals surface area contributed by atoms with E-state index < -0.39 is 0 Å². The number of hydrogen-bond donors (Lipinski definition) is 3. The molecule has 1 amide bonds. The molecule has 0 spiro atoms. The number of benzene rings is 1. The highest BCUT2D eigenvalue weighted by atomic mass is 16.3. The van der Waals surface area contributed by atoms with E-state index in [0.717, 1.165) is 26.2 Å². The number of carbonyl (C=O) groups excluding carboxylic acids is 1. The Kier molecular flexibility index (Phi) is 3.95. The first-order chi connectivity index (χ1) is 8.24.